The van der Waals surface area contributed by atoms with Gasteiger partial charge in [-0.05, 0) is 18.2 Å². The second-order valence-corrected chi connectivity index (χ2v) is 3.61. The van der Waals surface area contributed by atoms with Crippen molar-refractivity contribution in [3.05, 3.63) is 59.9 Å². The topological polar surface area (TPSA) is 49.5 Å². The van der Waals surface area contributed by atoms with Crippen LogP contribution in [0.4, 0.5) is 15.8 Å². The van der Waals surface area contributed by atoms with Crippen molar-refractivity contribution < 1.29 is 9.50 Å². The van der Waals surface area contributed by atoms with Crippen LogP contribution in [0, 0.1) is 5.82 Å². The Bertz CT molecular complexity index is 516. The second kappa shape index (κ2) is 4.95. The molecule has 0 aliphatic carbocycles. The van der Waals surface area contributed by atoms with Gasteiger partial charge in [0.05, 0.1) is 18.0 Å². The van der Waals surface area contributed by atoms with Crippen LogP contribution < -0.4 is 10.9 Å². The summed E-state index contributed by atoms with van der Waals surface area (Å²) in [6.45, 7) is -0.141. The van der Waals surface area contributed by atoms with Gasteiger partial charge in [0.15, 0.2) is 0 Å². The molecule has 2 aromatic carbocycles. The molecule has 0 aliphatic heterocycles. The Kier molecular flexibility index (Phi) is 3.37. The molecule has 0 radical (unpaired) electrons. The molecule has 0 aromatic heterocycles. The lowest BCUT2D eigenvalue weighted by atomic mass is 10.1. The van der Waals surface area contributed by atoms with Crippen molar-refractivity contribution in [2.45, 2.75) is 6.61 Å². The zero-order valence-corrected chi connectivity index (χ0v) is 9.18. The number of benzene rings is 2. The number of nitrogens with two attached hydrogens (primary N) is 1. The van der Waals surface area contributed by atoms with Crippen molar-refractivity contribution in [3.8, 4) is 0 Å². The maximum atomic E-state index is 13.6. The average Bonchev–Trinajstić information content (AvgIpc) is 2.38. The molecule has 4 heteroatoms. The summed E-state index contributed by atoms with van der Waals surface area (Å²) in [6.07, 6.45) is 0. The zero-order chi connectivity index (χ0) is 12.3. The molecule has 3 N–H and O–H groups in total. The number of aliphatic hydroxyl groups is 1. The van der Waals surface area contributed by atoms with Crippen LogP contribution in [0.2, 0.25) is 0 Å². The molecule has 0 aliphatic rings. The van der Waals surface area contributed by atoms with Crippen molar-refractivity contribution >= 4 is 11.4 Å². The van der Waals surface area contributed by atoms with Crippen LogP contribution in [0.3, 0.4) is 0 Å². The second-order valence-electron chi connectivity index (χ2n) is 3.61. The number of hydrazine groups is 1. The lowest BCUT2D eigenvalue weighted by molar-refractivity contribution is 0.282. The average molecular weight is 232 g/mol. The monoisotopic (exact) mass is 232 g/mol. The number of hydrogen-bond acceptors (Lipinski definition) is 3. The van der Waals surface area contributed by atoms with Crippen LogP contribution in [0.25, 0.3) is 0 Å². The minimum Gasteiger partial charge on any atom is -0.392 e. The Morgan fingerprint density at radius 2 is 1.59 bits per heavy atom. The molecule has 0 fully saturated rings. The number of halogens is 1. The van der Waals surface area contributed by atoms with E-state index in [0.717, 1.165) is 0 Å². The van der Waals surface area contributed by atoms with Crippen LogP contribution in [0.1, 0.15) is 5.56 Å². The standard InChI is InChI=1S/C13H13FN2O/c14-11-6-2-4-8-13(11)16(15)12-7-3-1-5-10(12)9-17/h1-8,17H,9,15H2. The number of hydrogen-bond donors (Lipinski definition) is 2. The summed E-state index contributed by atoms with van der Waals surface area (Å²) in [6, 6.07) is 13.3. The summed E-state index contributed by atoms with van der Waals surface area (Å²) in [7, 11) is 0. The summed E-state index contributed by atoms with van der Waals surface area (Å²) in [5.41, 5.74) is 1.51. The van der Waals surface area contributed by atoms with Gasteiger partial charge in [0.2, 0.25) is 0 Å². The first-order valence-electron chi connectivity index (χ1n) is 5.22. The first kappa shape index (κ1) is 11.6. The molecular formula is C13H13FN2O. The van der Waals surface area contributed by atoms with Gasteiger partial charge in [0, 0.05) is 5.56 Å². The molecule has 0 saturated heterocycles. The summed E-state index contributed by atoms with van der Waals surface area (Å²) < 4.78 is 13.6. The summed E-state index contributed by atoms with van der Waals surface area (Å²) in [5, 5.41) is 10.4. The van der Waals surface area contributed by atoms with Gasteiger partial charge in [0.1, 0.15) is 5.82 Å². The largest absolute Gasteiger partial charge is 0.392 e. The highest BCUT2D eigenvalue weighted by atomic mass is 19.1. The Balaban J connectivity index is 2.44. The molecule has 0 atom stereocenters. The first-order chi connectivity index (χ1) is 8.24. The van der Waals surface area contributed by atoms with E-state index in [0.29, 0.717) is 11.3 Å². The van der Waals surface area contributed by atoms with Gasteiger partial charge in [-0.25, -0.2) is 10.2 Å². The highest BCUT2D eigenvalue weighted by Crippen LogP contribution is 2.27. The Morgan fingerprint density at radius 3 is 2.24 bits per heavy atom. The van der Waals surface area contributed by atoms with Gasteiger partial charge in [-0.2, -0.15) is 0 Å². The van der Waals surface area contributed by atoms with Crippen molar-refractivity contribution in [1.29, 1.82) is 0 Å². The van der Waals surface area contributed by atoms with Crippen LogP contribution in [-0.2, 0) is 6.61 Å². The summed E-state index contributed by atoms with van der Waals surface area (Å²) in [4.78, 5) is 0. The summed E-state index contributed by atoms with van der Waals surface area (Å²) in [5.74, 6) is 5.48. The molecule has 0 amide bonds. The van der Waals surface area contributed by atoms with E-state index in [1.165, 1.54) is 11.1 Å². The molecule has 0 spiro atoms. The van der Waals surface area contributed by atoms with Crippen molar-refractivity contribution in [1.82, 2.24) is 0 Å². The highest BCUT2D eigenvalue weighted by Gasteiger charge is 2.12. The number of para-hydroxylation sites is 2. The fraction of sp³-hybridized carbons (Fsp3) is 0.0769. The van der Waals surface area contributed by atoms with E-state index in [2.05, 4.69) is 0 Å². The molecule has 88 valence electrons. The number of rotatable bonds is 3. The van der Waals surface area contributed by atoms with Gasteiger partial charge >= 0.3 is 0 Å². The van der Waals surface area contributed by atoms with Gasteiger partial charge in [-0.1, -0.05) is 30.3 Å². The quantitative estimate of drug-likeness (QED) is 0.630. The maximum Gasteiger partial charge on any atom is 0.148 e. The fourth-order valence-electron chi connectivity index (χ4n) is 1.66. The van der Waals surface area contributed by atoms with Crippen molar-refractivity contribution in [2.75, 3.05) is 5.01 Å². The van der Waals surface area contributed by atoms with E-state index in [9.17, 15) is 9.50 Å². The molecule has 0 bridgehead atoms. The fourth-order valence-corrected chi connectivity index (χ4v) is 1.66. The highest BCUT2D eigenvalue weighted by molar-refractivity contribution is 5.65. The molecule has 0 saturated carbocycles. The normalized spacial score (nSPS) is 10.3. The minimum absolute atomic E-state index is 0.141. The SMILES string of the molecule is NN(c1ccccc1F)c1ccccc1CO. The zero-order valence-electron chi connectivity index (χ0n) is 9.18. The van der Waals surface area contributed by atoms with Crippen LogP contribution >= 0.6 is 0 Å². The Morgan fingerprint density at radius 1 is 1.00 bits per heavy atom. The van der Waals surface area contributed by atoms with Crippen molar-refractivity contribution in [2.24, 2.45) is 5.84 Å². The maximum absolute atomic E-state index is 13.6. The van der Waals surface area contributed by atoms with E-state index in [1.54, 1.807) is 42.5 Å². The van der Waals surface area contributed by atoms with Gasteiger partial charge in [-0.15, -0.1) is 0 Å². The lowest BCUT2D eigenvalue weighted by Crippen LogP contribution is -2.27. The molecule has 2 aromatic rings. The smallest absolute Gasteiger partial charge is 0.148 e. The number of nitrogens with zero attached hydrogens (tertiary/aromatic N) is 1. The van der Waals surface area contributed by atoms with Gasteiger partial charge < -0.3 is 5.11 Å². The molecule has 17 heavy (non-hydrogen) atoms. The van der Waals surface area contributed by atoms with Gasteiger partial charge in [-0.3, -0.25) is 5.01 Å². The van der Waals surface area contributed by atoms with Crippen LogP contribution in [0.5, 0.6) is 0 Å². The van der Waals surface area contributed by atoms with E-state index in [-0.39, 0.29) is 12.3 Å². The molecule has 0 unspecified atom stereocenters. The first-order valence-corrected chi connectivity index (χ1v) is 5.22. The number of anilines is 2. The lowest BCUT2D eigenvalue weighted by Gasteiger charge is -2.21. The molecule has 3 nitrogen and oxygen atoms in total. The molecule has 0 heterocycles. The minimum atomic E-state index is -0.400. The molecule has 2 rings (SSSR count). The van der Waals surface area contributed by atoms with E-state index in [4.69, 9.17) is 5.84 Å². The third-order valence-corrected chi connectivity index (χ3v) is 2.53. The Labute approximate surface area is 98.9 Å². The van der Waals surface area contributed by atoms with E-state index < -0.39 is 5.82 Å². The van der Waals surface area contributed by atoms with Crippen LogP contribution in [-0.4, -0.2) is 5.11 Å². The molecular weight excluding hydrogens is 219 g/mol. The third-order valence-electron chi connectivity index (χ3n) is 2.53. The van der Waals surface area contributed by atoms with E-state index in [1.807, 2.05) is 0 Å². The Hall–Kier alpha value is -1.91. The van der Waals surface area contributed by atoms with Crippen LogP contribution in [0.15, 0.2) is 48.5 Å². The van der Waals surface area contributed by atoms with E-state index >= 15 is 0 Å². The predicted octanol–water partition coefficient (Wildman–Crippen LogP) is 2.33. The number of aliphatic hydroxyl groups excluding tert-OH is 1. The van der Waals surface area contributed by atoms with Crippen molar-refractivity contribution in [3.63, 3.8) is 0 Å². The summed E-state index contributed by atoms with van der Waals surface area (Å²) >= 11 is 0. The predicted molar refractivity (Wildman–Crippen MR) is 65.1 cm³/mol. The van der Waals surface area contributed by atoms with Gasteiger partial charge in [0.25, 0.3) is 0 Å². The third kappa shape index (κ3) is 2.27.